The van der Waals surface area contributed by atoms with Crippen LogP contribution in [0.2, 0.25) is 0 Å². The largest absolute Gasteiger partial charge is 0.494 e. The van der Waals surface area contributed by atoms with Gasteiger partial charge >= 0.3 is 11.9 Å². The first kappa shape index (κ1) is 103. The normalized spacial score (nSPS) is 28.0. The summed E-state index contributed by atoms with van der Waals surface area (Å²) in [6, 6.07) is 41.4. The molecule has 0 spiro atoms. The van der Waals surface area contributed by atoms with Crippen LogP contribution in [0.5, 0.6) is 34.5 Å². The average Bonchev–Trinajstić information content (AvgIpc) is 1.45. The Morgan fingerprint density at radius 3 is 1.06 bits per heavy atom. The third-order valence-corrected chi connectivity index (χ3v) is 33.2. The van der Waals surface area contributed by atoms with Gasteiger partial charge in [-0.05, 0) is 330 Å². The van der Waals surface area contributed by atoms with Crippen molar-refractivity contribution in [3.05, 3.63) is 168 Å². The van der Waals surface area contributed by atoms with E-state index in [9.17, 15) is 9.59 Å². The monoisotopic (exact) mass is 1900 g/mol. The van der Waals surface area contributed by atoms with Gasteiger partial charge in [-0.25, -0.2) is 9.59 Å². The zero-order valence-corrected chi connectivity index (χ0v) is 84.8. The van der Waals surface area contributed by atoms with Crippen LogP contribution < -0.4 is 39.1 Å². The second-order valence-corrected chi connectivity index (χ2v) is 43.0. The molecule has 6 fully saturated rings. The third-order valence-electron chi connectivity index (χ3n) is 33.2. The smallest absolute Gasteiger partial charge is 0.338 e. The average molecular weight is 1900 g/mol. The molecule has 6 saturated carbocycles. The molecule has 16 atom stereocenters. The van der Waals surface area contributed by atoms with E-state index >= 15 is 0 Å². The van der Waals surface area contributed by atoms with Crippen molar-refractivity contribution in [2.24, 2.45) is 113 Å². The summed E-state index contributed by atoms with van der Waals surface area (Å²) < 4.78 is 84.7. The van der Waals surface area contributed by atoms with E-state index in [0.717, 1.165) is 171 Å². The fourth-order valence-corrected chi connectivity index (χ4v) is 25.6. The van der Waals surface area contributed by atoms with Crippen LogP contribution in [0.4, 0.5) is 34.1 Å². The number of hydrogen-bond donors (Lipinski definition) is 2. The molecule has 0 unspecified atom stereocenters. The number of carbonyl (C=O) groups excluding carboxylic acids is 2. The molecular formula is C116H162N6O16. The van der Waals surface area contributed by atoms with E-state index in [2.05, 4.69) is 112 Å². The maximum Gasteiger partial charge on any atom is 0.338 e. The van der Waals surface area contributed by atoms with Crippen molar-refractivity contribution in [3.63, 3.8) is 0 Å². The highest BCUT2D eigenvalue weighted by Crippen LogP contribution is 2.70. The summed E-state index contributed by atoms with van der Waals surface area (Å²) in [6.07, 6.45) is 35.8. The summed E-state index contributed by atoms with van der Waals surface area (Å²) in [6.45, 7) is 33.5. The van der Waals surface area contributed by atoms with E-state index in [1.165, 1.54) is 103 Å². The summed E-state index contributed by atoms with van der Waals surface area (Å²) in [5.74, 6) is 13.0. The molecule has 6 aromatic rings. The van der Waals surface area contributed by atoms with E-state index in [1.807, 2.05) is 109 Å². The Kier molecular flexibility index (Phi) is 38.4. The summed E-state index contributed by atoms with van der Waals surface area (Å²) >= 11 is 0. The lowest BCUT2D eigenvalue weighted by Gasteiger charge is -2.58. The van der Waals surface area contributed by atoms with E-state index in [4.69, 9.17) is 66.3 Å². The number of ether oxygens (including phenoxy) is 14. The Labute approximate surface area is 823 Å². The van der Waals surface area contributed by atoms with E-state index in [-0.39, 0.29) is 35.0 Å². The first-order valence-electron chi connectivity index (χ1n) is 53.2. The van der Waals surface area contributed by atoms with Gasteiger partial charge in [-0.15, -0.1) is 0 Å². The van der Waals surface area contributed by atoms with Crippen LogP contribution in [0.15, 0.2) is 177 Å². The number of fused-ring (bicyclic) bond motifs is 12. The summed E-state index contributed by atoms with van der Waals surface area (Å²) in [7, 11) is 0. The van der Waals surface area contributed by atoms with Crippen molar-refractivity contribution >= 4 is 46.1 Å². The van der Waals surface area contributed by atoms with Crippen LogP contribution in [-0.4, -0.2) is 156 Å². The number of esters is 2. The van der Waals surface area contributed by atoms with Crippen LogP contribution >= 0.6 is 0 Å². The lowest BCUT2D eigenvalue weighted by Crippen LogP contribution is -2.51. The lowest BCUT2D eigenvalue weighted by atomic mass is 9.47. The van der Waals surface area contributed by atoms with Crippen LogP contribution in [0.3, 0.4) is 0 Å². The van der Waals surface area contributed by atoms with Gasteiger partial charge < -0.3 is 76.9 Å². The van der Waals surface area contributed by atoms with Gasteiger partial charge in [-0.3, -0.25) is 0 Å². The molecule has 0 aromatic heterocycles. The highest BCUT2D eigenvalue weighted by molar-refractivity contribution is 5.90. The number of anilines is 2. The Bertz CT molecular complexity index is 4590. The van der Waals surface area contributed by atoms with Gasteiger partial charge in [-0.2, -0.15) is 20.5 Å². The third kappa shape index (κ3) is 27.9. The first-order chi connectivity index (χ1) is 67.2. The molecule has 0 saturated heterocycles. The predicted molar refractivity (Wildman–Crippen MR) is 545 cm³/mol. The van der Waals surface area contributed by atoms with Crippen molar-refractivity contribution in [2.75, 3.05) is 143 Å². The number of benzene rings is 6. The topological polar surface area (TPSA) is 237 Å². The Morgan fingerprint density at radius 2 is 0.703 bits per heavy atom. The van der Waals surface area contributed by atoms with Gasteiger partial charge in [-0.1, -0.05) is 131 Å². The summed E-state index contributed by atoms with van der Waals surface area (Å²) in [4.78, 5) is 27.2. The highest BCUT2D eigenvalue weighted by atomic mass is 16.6. The lowest BCUT2D eigenvalue weighted by molar-refractivity contribution is -0.0594. The van der Waals surface area contributed by atoms with Crippen molar-refractivity contribution in [3.8, 4) is 34.5 Å². The number of allylic oxidation sites excluding steroid dienone is 2. The Balaban J connectivity index is 0.416. The minimum absolute atomic E-state index is 0.0983. The maximum absolute atomic E-state index is 13.6. The van der Waals surface area contributed by atoms with Crippen LogP contribution in [0.1, 0.15) is 257 Å². The molecule has 22 nitrogen and oxygen atoms in total. The number of nitrogens with zero attached hydrogens (tertiary/aromatic N) is 4. The number of nitrogens with one attached hydrogen (secondary N) is 2. The van der Waals surface area contributed by atoms with Crippen LogP contribution in [-0.2, 0) is 37.9 Å². The summed E-state index contributed by atoms with van der Waals surface area (Å²) in [5, 5.41) is 25.0. The molecular weight excluding hydrogens is 1730 g/mol. The fraction of sp³-hybridized carbons (Fsp3) is 0.638. The molecule has 22 heteroatoms. The van der Waals surface area contributed by atoms with Gasteiger partial charge in [0.1, 0.15) is 50.1 Å². The Hall–Kier alpha value is -8.90. The quantitative estimate of drug-likeness (QED) is 0.0173. The van der Waals surface area contributed by atoms with Crippen molar-refractivity contribution in [1.29, 1.82) is 0 Å². The van der Waals surface area contributed by atoms with Gasteiger partial charge in [0.15, 0.2) is 23.0 Å². The van der Waals surface area contributed by atoms with Crippen molar-refractivity contribution < 1.29 is 75.9 Å². The van der Waals surface area contributed by atoms with Gasteiger partial charge in [0.25, 0.3) is 0 Å². The molecule has 0 radical (unpaired) electrons. The molecule has 138 heavy (non-hydrogen) atoms. The number of azo groups is 2. The molecule has 0 amide bonds. The highest BCUT2D eigenvalue weighted by Gasteiger charge is 2.61. The van der Waals surface area contributed by atoms with Gasteiger partial charge in [0.05, 0.1) is 126 Å². The predicted octanol–water partition coefficient (Wildman–Crippen LogP) is 27.5. The molecule has 15 rings (SSSR count). The van der Waals surface area contributed by atoms with Crippen molar-refractivity contribution in [1.82, 2.24) is 0 Å². The second kappa shape index (κ2) is 51.2. The molecule has 2 N–H and O–H groups in total. The van der Waals surface area contributed by atoms with E-state index in [0.29, 0.717) is 187 Å². The summed E-state index contributed by atoms with van der Waals surface area (Å²) in [5.41, 5.74) is 10.0. The molecule has 9 aliphatic rings. The number of hydrogen-bond acceptors (Lipinski definition) is 22. The number of unbranched alkanes of at least 4 members (excludes halogenated alkanes) is 2. The van der Waals surface area contributed by atoms with Crippen molar-refractivity contribution in [2.45, 2.75) is 248 Å². The zero-order chi connectivity index (χ0) is 96.1. The standard InChI is InChI=1S/C116H162N6O16/c1-81(2)17-15-19-83(5)101-43-45-103-99-41-25-87-77-97(49-53-113(87,7)105(99)51-55-115(101,103)9)137-111(123)85-21-27-89(28-22-85)119-121-91-31-37-95(38-32-91)131-59-13-11-57-117-93-35-47-107-109(79-93)135-75-71-129-67-63-125-62-66-128-70-74-134-108-48-36-94(80-110(108)136-76-72-130-68-64-126-61-65-127-69-73-133-107)118-58-12-14-60-132-96-39-33-92(34-40-96)122-120-90-29-23-86(24-30-90)112(124)138-98-50-54-114(8)88(78-98)26-42-100-104-46-44-102(84(6)20-16-18-82(3)4)116(104,10)56-52-106(100)114/h21-40,47-48,79-84,97-106,117-118H,11-20,41-46,49-78H2,1-10H3/t83-,84-,97+,98+,99+,100+,101-,102-,103+,104+,105+,106+,113+,114+,115-,116-/m1/s1. The second-order valence-electron chi connectivity index (χ2n) is 43.0. The maximum atomic E-state index is 13.6. The number of rotatable bonds is 32. The molecule has 8 aliphatic carbocycles. The SMILES string of the molecule is CC(C)CCC[C@@H](C)[C@H]1CC[C@H]2[C@@H]3CC=C4C[C@@H](OC(=O)c5ccc(N=Nc6ccc(OCCCCNc7ccc8c(c7)OCCOCCOCCOCCOc7ccc(NCCCCOc9ccc(N=Nc%10ccc(C(=O)O[C@H]%11CC[C@@]%12(C)C(=CC[C@H]%13[C@@H]%14CC[C@H]([C@H](C)CCCC(C)C)[C@@]%14(C)CC[C@@H]%13%12)C%11)cc%10)cc9)cc7OCCOCCOCCOCCO8)cc6)cc5)CC[C@]4(C)[C@H]3CC[C@]12C. The van der Waals surface area contributed by atoms with E-state index < -0.39 is 0 Å². The molecule has 6 aromatic carbocycles. The van der Waals surface area contributed by atoms with Crippen LogP contribution in [0.25, 0.3) is 0 Å². The van der Waals surface area contributed by atoms with E-state index in [1.54, 1.807) is 35.4 Å². The Morgan fingerprint density at radius 1 is 0.362 bits per heavy atom. The van der Waals surface area contributed by atoms with Crippen LogP contribution in [0, 0.1) is 92.7 Å². The zero-order valence-electron chi connectivity index (χ0n) is 84.8. The molecule has 1 heterocycles. The number of carbonyl (C=O) groups is 2. The minimum atomic E-state index is -0.270. The molecule has 0 bridgehead atoms. The van der Waals surface area contributed by atoms with Gasteiger partial charge in [0, 0.05) is 49.4 Å². The molecule has 752 valence electrons. The minimum Gasteiger partial charge on any atom is -0.494 e. The van der Waals surface area contributed by atoms with Gasteiger partial charge in [0.2, 0.25) is 0 Å². The fourth-order valence-electron chi connectivity index (χ4n) is 25.6. The molecule has 1 aliphatic heterocycles. The first-order valence-corrected chi connectivity index (χ1v) is 53.2.